The van der Waals surface area contributed by atoms with E-state index >= 15 is 0 Å². The summed E-state index contributed by atoms with van der Waals surface area (Å²) in [5.41, 5.74) is 4.29. The van der Waals surface area contributed by atoms with Gasteiger partial charge in [0.25, 0.3) is 0 Å². The Labute approximate surface area is 248 Å². The fourth-order valence-corrected chi connectivity index (χ4v) is 7.67. The number of esters is 1. The van der Waals surface area contributed by atoms with Crippen molar-refractivity contribution in [2.24, 2.45) is 0 Å². The van der Waals surface area contributed by atoms with E-state index in [-0.39, 0.29) is 21.5 Å². The van der Waals surface area contributed by atoms with Crippen LogP contribution in [-0.2, 0) is 15.8 Å². The van der Waals surface area contributed by atoms with Gasteiger partial charge in [-0.2, -0.15) is 0 Å². The average molecular weight is 587 g/mol. The van der Waals surface area contributed by atoms with Crippen molar-refractivity contribution in [3.63, 3.8) is 0 Å². The van der Waals surface area contributed by atoms with Crippen LogP contribution in [0.25, 0.3) is 0 Å². The van der Waals surface area contributed by atoms with E-state index in [1.165, 1.54) is 0 Å². The first kappa shape index (κ1) is 29.6. The van der Waals surface area contributed by atoms with Gasteiger partial charge in [-0.3, -0.25) is 0 Å². The Morgan fingerprint density at radius 2 is 1.07 bits per heavy atom. The van der Waals surface area contributed by atoms with E-state index < -0.39 is 22.2 Å². The summed E-state index contributed by atoms with van der Waals surface area (Å²) < 4.78 is 20.1. The highest BCUT2D eigenvalue weighted by Gasteiger charge is 2.56. The number of fused-ring (bicyclic) bond motifs is 6. The largest absolute Gasteiger partial charge is 0.543 e. The van der Waals surface area contributed by atoms with Gasteiger partial charge in [0.2, 0.25) is 16.6 Å². The maximum atomic E-state index is 13.4. The zero-order valence-electron chi connectivity index (χ0n) is 26.9. The van der Waals surface area contributed by atoms with Gasteiger partial charge in [0.15, 0.2) is 5.60 Å². The molecule has 0 saturated carbocycles. The molecule has 41 heavy (non-hydrogen) atoms. The zero-order chi connectivity index (χ0) is 30.4. The van der Waals surface area contributed by atoms with Crippen molar-refractivity contribution in [1.82, 2.24) is 0 Å². The molecule has 3 aromatic rings. The molecule has 0 amide bonds. The van der Waals surface area contributed by atoms with Gasteiger partial charge in [-0.25, -0.2) is 4.79 Å². The highest BCUT2D eigenvalue weighted by Crippen LogP contribution is 2.58. The minimum Gasteiger partial charge on any atom is -0.543 e. The molecule has 218 valence electrons. The van der Waals surface area contributed by atoms with Crippen LogP contribution < -0.4 is 8.85 Å². The second-order valence-electron chi connectivity index (χ2n) is 15.4. The lowest BCUT2D eigenvalue weighted by Crippen LogP contribution is -2.45. The van der Waals surface area contributed by atoms with Crippen LogP contribution in [-0.4, -0.2) is 22.6 Å². The molecule has 1 heterocycles. The minimum absolute atomic E-state index is 0.0716. The van der Waals surface area contributed by atoms with Crippen LogP contribution in [0, 0.1) is 0 Å². The lowest BCUT2D eigenvalue weighted by Gasteiger charge is -2.45. The van der Waals surface area contributed by atoms with Crippen LogP contribution in [0.5, 0.6) is 11.5 Å². The molecular formula is C35H46O4Si2. The molecule has 0 atom stereocenters. The quantitative estimate of drug-likeness (QED) is 0.226. The summed E-state index contributed by atoms with van der Waals surface area (Å²) in [6, 6.07) is 20.5. The Balaban J connectivity index is 1.76. The third-order valence-electron chi connectivity index (χ3n) is 10.2. The number of carbonyl (C=O) groups excluding carboxylic acids is 1. The van der Waals surface area contributed by atoms with Crippen LogP contribution in [0.3, 0.4) is 0 Å². The normalized spacial score (nSPS) is 17.4. The molecule has 0 saturated heterocycles. The van der Waals surface area contributed by atoms with Crippen molar-refractivity contribution in [1.29, 1.82) is 0 Å². The van der Waals surface area contributed by atoms with Crippen LogP contribution in [0.2, 0.25) is 36.3 Å². The third kappa shape index (κ3) is 4.49. The fraction of sp³-hybridized carbons (Fsp3) is 0.457. The molecule has 3 aromatic carbocycles. The average Bonchev–Trinajstić information content (AvgIpc) is 3.14. The molecule has 0 fully saturated rings. The van der Waals surface area contributed by atoms with Gasteiger partial charge in [0.1, 0.15) is 11.5 Å². The summed E-state index contributed by atoms with van der Waals surface area (Å²) in [5, 5.41) is 0.143. The van der Waals surface area contributed by atoms with Gasteiger partial charge in [-0.05, 0) is 77.7 Å². The fourth-order valence-electron chi connectivity index (χ4n) is 5.62. The number of carbonyl (C=O) groups is 1. The number of benzene rings is 3. The summed E-state index contributed by atoms with van der Waals surface area (Å²) >= 11 is 0. The van der Waals surface area contributed by atoms with Gasteiger partial charge >= 0.3 is 5.97 Å². The number of hydrogen-bond acceptors (Lipinski definition) is 4. The third-order valence-corrected chi connectivity index (χ3v) is 18.9. The zero-order valence-corrected chi connectivity index (χ0v) is 28.9. The van der Waals surface area contributed by atoms with E-state index in [2.05, 4.69) is 118 Å². The first-order valence-corrected chi connectivity index (χ1v) is 20.5. The topological polar surface area (TPSA) is 44.8 Å². The van der Waals surface area contributed by atoms with E-state index in [4.69, 9.17) is 13.6 Å². The molecule has 5 rings (SSSR count). The first-order valence-electron chi connectivity index (χ1n) is 14.7. The maximum absolute atomic E-state index is 13.4. The highest BCUT2D eigenvalue weighted by atomic mass is 28.4. The van der Waals surface area contributed by atoms with Gasteiger partial charge in [-0.1, -0.05) is 85.7 Å². The highest BCUT2D eigenvalue weighted by molar-refractivity contribution is 6.75. The summed E-state index contributed by atoms with van der Waals surface area (Å²) in [7, 11) is -4.14. The van der Waals surface area contributed by atoms with Gasteiger partial charge in [-0.15, -0.1) is 0 Å². The maximum Gasteiger partial charge on any atom is 0.340 e. The van der Waals surface area contributed by atoms with Crippen LogP contribution in [0.4, 0.5) is 0 Å². The molecular weight excluding hydrogens is 541 g/mol. The van der Waals surface area contributed by atoms with Gasteiger partial charge < -0.3 is 13.6 Å². The monoisotopic (exact) mass is 586 g/mol. The van der Waals surface area contributed by atoms with Crippen molar-refractivity contribution < 1.29 is 18.4 Å². The Morgan fingerprint density at radius 1 is 0.634 bits per heavy atom. The molecule has 1 spiro atoms. The molecule has 0 unspecified atom stereocenters. The smallest absolute Gasteiger partial charge is 0.340 e. The molecule has 0 bridgehead atoms. The Morgan fingerprint density at radius 3 is 1.51 bits per heavy atom. The number of rotatable bonds is 4. The molecule has 2 aliphatic rings. The first-order chi connectivity index (χ1) is 18.7. The summed E-state index contributed by atoms with van der Waals surface area (Å²) in [4.78, 5) is 13.4. The summed E-state index contributed by atoms with van der Waals surface area (Å²) in [6.45, 7) is 27.1. The SMILES string of the molecule is CC1(C)c2cc(O[Si](C)(C)C(C)(C)C)ccc2C2(OC(=O)c3ccccc32)c2ccc(O[Si](C)(C)C(C)(C)C)cc21. The molecule has 4 nitrogen and oxygen atoms in total. The number of hydrogen-bond donors (Lipinski definition) is 0. The molecule has 0 radical (unpaired) electrons. The Bertz CT molecular complexity index is 1450. The van der Waals surface area contributed by atoms with E-state index in [1.54, 1.807) is 0 Å². The summed E-state index contributed by atoms with van der Waals surface area (Å²) in [5.74, 6) is 1.45. The van der Waals surface area contributed by atoms with Crippen molar-refractivity contribution in [3.8, 4) is 11.5 Å². The predicted molar refractivity (Wildman–Crippen MR) is 172 cm³/mol. The van der Waals surface area contributed by atoms with E-state index in [0.717, 1.165) is 39.3 Å². The van der Waals surface area contributed by atoms with Crippen molar-refractivity contribution in [3.05, 3.63) is 94.0 Å². The van der Waals surface area contributed by atoms with Crippen molar-refractivity contribution >= 4 is 22.6 Å². The van der Waals surface area contributed by atoms with E-state index in [0.29, 0.717) is 5.56 Å². The lowest BCUT2D eigenvalue weighted by atomic mass is 9.61. The van der Waals surface area contributed by atoms with Crippen molar-refractivity contribution in [2.75, 3.05) is 0 Å². The van der Waals surface area contributed by atoms with Crippen LogP contribution in [0.1, 0.15) is 93.6 Å². The number of ether oxygens (including phenoxy) is 1. The minimum atomic E-state index is -2.07. The summed E-state index contributed by atoms with van der Waals surface area (Å²) in [6.07, 6.45) is 0. The lowest BCUT2D eigenvalue weighted by molar-refractivity contribution is 0.0231. The second-order valence-corrected chi connectivity index (χ2v) is 24.8. The van der Waals surface area contributed by atoms with E-state index in [9.17, 15) is 4.79 Å². The molecule has 1 aliphatic heterocycles. The van der Waals surface area contributed by atoms with Crippen molar-refractivity contribution in [2.45, 2.75) is 103 Å². The van der Waals surface area contributed by atoms with Gasteiger partial charge in [0, 0.05) is 22.1 Å². The molecule has 1 aliphatic carbocycles. The standard InChI is InChI=1S/C35H46O4Si2/c1-32(2,3)40(9,10)38-23-17-19-27-29(21-23)34(7,8)30-22-24(39-41(11,12)33(4,5)6)18-20-28(30)35(27)26-16-14-13-15-25(26)31(36)37-35/h13-22H,1-12H3. The predicted octanol–water partition coefficient (Wildman–Crippen LogP) is 9.56. The van der Waals surface area contributed by atoms with Gasteiger partial charge in [0.05, 0.1) is 5.56 Å². The second kappa shape index (κ2) is 9.08. The molecule has 0 N–H and O–H groups in total. The Hall–Kier alpha value is -2.84. The molecule has 0 aromatic heterocycles. The van der Waals surface area contributed by atoms with Crippen LogP contribution >= 0.6 is 0 Å². The Kier molecular flexibility index (Phi) is 6.57. The van der Waals surface area contributed by atoms with Crippen LogP contribution in [0.15, 0.2) is 60.7 Å². The van der Waals surface area contributed by atoms with E-state index in [1.807, 2.05) is 24.3 Å². The molecule has 6 heteroatoms.